The first-order valence-electron chi connectivity index (χ1n) is 0.632. The van der Waals surface area contributed by atoms with Crippen molar-refractivity contribution in [3.63, 3.8) is 0 Å². The molecule has 0 fully saturated rings. The number of rotatable bonds is 0. The van der Waals surface area contributed by atoms with Crippen LogP contribution in [-0.4, -0.2) is 0 Å². The topological polar surface area (TPSA) is 0 Å². The van der Waals surface area contributed by atoms with E-state index in [-0.39, 0.29) is 19.8 Å². The van der Waals surface area contributed by atoms with E-state index in [1.54, 1.807) is 14.4 Å². The van der Waals surface area contributed by atoms with Crippen molar-refractivity contribution < 1.29 is 14.4 Å². The van der Waals surface area contributed by atoms with Gasteiger partial charge < -0.3 is 0 Å². The van der Waals surface area contributed by atoms with Crippen molar-refractivity contribution in [3.05, 3.63) is 0 Å². The second-order valence-corrected chi connectivity index (χ2v) is 1.30. The molecule has 0 aliphatic carbocycles. The Morgan fingerprint density at radius 2 is 1.00 bits per heavy atom. The van der Waals surface area contributed by atoms with Crippen molar-refractivity contribution in [2.45, 2.75) is 11.8 Å². The van der Waals surface area contributed by atoms with Crippen molar-refractivity contribution in [3.8, 4) is 0 Å². The molecule has 0 bridgehead atoms. The van der Waals surface area contributed by atoms with Gasteiger partial charge in [0.05, 0.1) is 0 Å². The molecule has 0 aromatic rings. The van der Waals surface area contributed by atoms with E-state index in [1.165, 1.54) is 0 Å². The Hall–Kier alpha value is 1.35. The van der Waals surface area contributed by atoms with Gasteiger partial charge in [-0.3, -0.25) is 0 Å². The minimum absolute atomic E-state index is 0. The van der Waals surface area contributed by atoms with E-state index >= 15 is 0 Å². The molecule has 0 spiro atoms. The monoisotopic (exact) mass is 156 g/mol. The van der Waals surface area contributed by atoms with Gasteiger partial charge in [0.15, 0.2) is 0 Å². The Balaban J connectivity index is -0.0000000200. The molecule has 2 unspecified atom stereocenters. The standard InChI is InChI=1S/2CH3.Ni.2H3P/h2*1H3;;2*1H3. The molecule has 5 heavy (non-hydrogen) atoms. The fraction of sp³-hybridized carbons (Fsp3) is 1.00. The van der Waals surface area contributed by atoms with E-state index in [2.05, 4.69) is 11.8 Å². The predicted molar refractivity (Wildman–Crippen MR) is 33.9 cm³/mol. The summed E-state index contributed by atoms with van der Waals surface area (Å²) in [6.07, 6.45) is 0. The maximum absolute atomic E-state index is 2.06. The molecule has 40 valence electrons. The minimum atomic E-state index is 0. The molecule has 0 N–H and O–H groups in total. The van der Waals surface area contributed by atoms with Gasteiger partial charge in [0.1, 0.15) is 0 Å². The van der Waals surface area contributed by atoms with E-state index in [0.717, 1.165) is 0 Å². The molecule has 0 saturated carbocycles. The van der Waals surface area contributed by atoms with Gasteiger partial charge in [0.25, 0.3) is 0 Å². The second-order valence-electron chi connectivity index (χ2n) is 0.316. The van der Waals surface area contributed by atoms with Gasteiger partial charge in [-0.25, -0.2) is 0 Å². The van der Waals surface area contributed by atoms with Gasteiger partial charge in [-0.05, 0) is 0 Å². The summed E-state index contributed by atoms with van der Waals surface area (Å²) in [6, 6.07) is 0. The first-order chi connectivity index (χ1) is 1.41. The average molecular weight is 157 g/mol. The maximum atomic E-state index is 2.06. The van der Waals surface area contributed by atoms with Crippen molar-refractivity contribution in [1.82, 2.24) is 0 Å². The van der Waals surface area contributed by atoms with E-state index < -0.39 is 0 Å². The average Bonchev–Trinajstić information content (AvgIpc) is 0.918. The van der Waals surface area contributed by atoms with Crippen molar-refractivity contribution in [2.24, 2.45) is 0 Å². The van der Waals surface area contributed by atoms with Gasteiger partial charge in [0.2, 0.25) is 0 Å². The Morgan fingerprint density at radius 1 is 1.00 bits per heavy atom. The third kappa shape index (κ3) is 32.9. The molecule has 0 nitrogen and oxygen atoms in total. The van der Waals surface area contributed by atoms with Crippen LogP contribution in [0.1, 0.15) is 0 Å². The molecule has 0 radical (unpaired) electrons. The molecule has 0 aliphatic heterocycles. The van der Waals surface area contributed by atoms with Gasteiger partial charge in [-0.1, -0.05) is 0 Å². The van der Waals surface area contributed by atoms with Crippen molar-refractivity contribution >= 4 is 19.8 Å². The molecular formula is C2H12NiP2. The zero-order chi connectivity index (χ0) is 2.71. The van der Waals surface area contributed by atoms with Crippen LogP contribution in [0.5, 0.6) is 0 Å². The summed E-state index contributed by atoms with van der Waals surface area (Å²) in [5.41, 5.74) is 0. The first kappa shape index (κ1) is 16.2. The molecule has 3 heteroatoms. The molecule has 0 rings (SSSR count). The number of hydrogen-bond donors (Lipinski definition) is 0. The Kier molecular flexibility index (Phi) is 59.3. The summed E-state index contributed by atoms with van der Waals surface area (Å²) in [5.74, 6) is 4.12. The summed E-state index contributed by atoms with van der Waals surface area (Å²) in [7, 11) is 0. The van der Waals surface area contributed by atoms with Crippen LogP contribution in [-0.2, 0) is 14.4 Å². The molecular weight excluding hydrogens is 145 g/mol. The van der Waals surface area contributed by atoms with E-state index in [1.807, 2.05) is 0 Å². The number of hydrogen-bond acceptors (Lipinski definition) is 0. The molecule has 0 amide bonds. The zero-order valence-corrected chi connectivity index (χ0v) is 7.55. The van der Waals surface area contributed by atoms with Crippen LogP contribution in [0.25, 0.3) is 0 Å². The molecule has 2 atom stereocenters. The Morgan fingerprint density at radius 3 is 1.00 bits per heavy atom. The zero-order valence-electron chi connectivity index (χ0n) is 3.73. The van der Waals surface area contributed by atoms with E-state index in [4.69, 9.17) is 0 Å². The SMILES string of the molecule is P.P.[CH3][Ni][CH3]. The molecule has 0 saturated heterocycles. The van der Waals surface area contributed by atoms with Gasteiger partial charge in [-0.2, -0.15) is 19.8 Å². The van der Waals surface area contributed by atoms with Gasteiger partial charge in [0, 0.05) is 0 Å². The van der Waals surface area contributed by atoms with Crippen LogP contribution >= 0.6 is 19.8 Å². The Bertz CT molecular complexity index is 7.61. The van der Waals surface area contributed by atoms with Crippen LogP contribution in [0.3, 0.4) is 0 Å². The van der Waals surface area contributed by atoms with E-state index in [0.29, 0.717) is 0 Å². The van der Waals surface area contributed by atoms with Crippen LogP contribution < -0.4 is 0 Å². The molecule has 0 aromatic heterocycles. The molecule has 0 heterocycles. The molecule has 0 aliphatic rings. The van der Waals surface area contributed by atoms with Gasteiger partial charge >= 0.3 is 26.2 Å². The van der Waals surface area contributed by atoms with Crippen molar-refractivity contribution in [2.75, 3.05) is 0 Å². The third-order valence-corrected chi connectivity index (χ3v) is 0. The normalized spacial score (nSPS) is 4.40. The van der Waals surface area contributed by atoms with Crippen LogP contribution in [0.15, 0.2) is 0 Å². The quantitative estimate of drug-likeness (QED) is 0.366. The Labute approximate surface area is 46.5 Å². The summed E-state index contributed by atoms with van der Waals surface area (Å²) < 4.78 is 0. The van der Waals surface area contributed by atoms with E-state index in [9.17, 15) is 0 Å². The third-order valence-electron chi connectivity index (χ3n) is 0. The fourth-order valence-electron chi connectivity index (χ4n) is 0. The fourth-order valence-corrected chi connectivity index (χ4v) is 0. The summed E-state index contributed by atoms with van der Waals surface area (Å²) in [4.78, 5) is 0. The van der Waals surface area contributed by atoms with Crippen LogP contribution in [0.2, 0.25) is 11.8 Å². The molecule has 0 aromatic carbocycles. The summed E-state index contributed by atoms with van der Waals surface area (Å²) in [6.45, 7) is 0. The van der Waals surface area contributed by atoms with Crippen LogP contribution in [0.4, 0.5) is 0 Å². The first-order valence-corrected chi connectivity index (χ1v) is 2.61. The second kappa shape index (κ2) is 18.3. The summed E-state index contributed by atoms with van der Waals surface area (Å²) in [5, 5.41) is 0. The summed E-state index contributed by atoms with van der Waals surface area (Å²) >= 11 is 1.62. The van der Waals surface area contributed by atoms with Crippen LogP contribution in [0, 0.1) is 0 Å². The van der Waals surface area contributed by atoms with Gasteiger partial charge in [-0.15, -0.1) is 0 Å². The van der Waals surface area contributed by atoms with Crippen molar-refractivity contribution in [1.29, 1.82) is 0 Å². The predicted octanol–water partition coefficient (Wildman–Crippen LogP) is 1.28.